The van der Waals surface area contributed by atoms with Crippen LogP contribution in [0.25, 0.3) is 20.2 Å². The molecule has 1 N–H and O–H groups in total. The molecule has 6 heteroatoms. The summed E-state index contributed by atoms with van der Waals surface area (Å²) in [5.74, 6) is 1.34. The highest BCUT2D eigenvalue weighted by atomic mass is 32.1. The molecule has 0 aliphatic carbocycles. The SMILES string of the molecule is CCCNCCc1nnc(-c2cc3sccc3s2)o1. The molecule has 0 radical (unpaired) electrons. The van der Waals surface area contributed by atoms with Crippen molar-refractivity contribution in [3.8, 4) is 10.8 Å². The number of thiophene rings is 2. The molecule has 19 heavy (non-hydrogen) atoms. The molecule has 3 aromatic heterocycles. The summed E-state index contributed by atoms with van der Waals surface area (Å²) in [6.45, 7) is 4.07. The average Bonchev–Trinajstić information content (AvgIpc) is 3.08. The van der Waals surface area contributed by atoms with Crippen LogP contribution in [0.5, 0.6) is 0 Å². The maximum absolute atomic E-state index is 5.70. The van der Waals surface area contributed by atoms with Gasteiger partial charge in [-0.2, -0.15) is 0 Å². The minimum absolute atomic E-state index is 0.638. The Kier molecular flexibility index (Phi) is 3.91. The zero-order chi connectivity index (χ0) is 13.1. The van der Waals surface area contributed by atoms with E-state index in [1.807, 2.05) is 0 Å². The normalized spacial score (nSPS) is 11.4. The Balaban J connectivity index is 1.68. The molecule has 0 fully saturated rings. The first-order chi connectivity index (χ1) is 9.36. The van der Waals surface area contributed by atoms with E-state index >= 15 is 0 Å². The summed E-state index contributed by atoms with van der Waals surface area (Å²) in [5, 5.41) is 13.7. The molecule has 0 aromatic carbocycles. The maximum Gasteiger partial charge on any atom is 0.257 e. The van der Waals surface area contributed by atoms with Crippen LogP contribution in [0.2, 0.25) is 0 Å². The lowest BCUT2D eigenvalue weighted by molar-refractivity contribution is 0.495. The average molecular weight is 293 g/mol. The highest BCUT2D eigenvalue weighted by molar-refractivity contribution is 7.28. The van der Waals surface area contributed by atoms with Crippen LogP contribution in [-0.4, -0.2) is 23.3 Å². The van der Waals surface area contributed by atoms with Gasteiger partial charge in [0.15, 0.2) is 0 Å². The zero-order valence-corrected chi connectivity index (χ0v) is 12.3. The second-order valence-electron chi connectivity index (χ2n) is 4.26. The van der Waals surface area contributed by atoms with Crippen molar-refractivity contribution in [2.24, 2.45) is 0 Å². The van der Waals surface area contributed by atoms with E-state index in [0.717, 1.165) is 30.8 Å². The maximum atomic E-state index is 5.70. The van der Waals surface area contributed by atoms with E-state index < -0.39 is 0 Å². The van der Waals surface area contributed by atoms with E-state index in [4.69, 9.17) is 4.42 Å². The number of aromatic nitrogens is 2. The Hall–Kier alpha value is -1.24. The molecule has 0 saturated heterocycles. The summed E-state index contributed by atoms with van der Waals surface area (Å²) in [5.41, 5.74) is 0. The minimum atomic E-state index is 0.638. The third-order valence-corrected chi connectivity index (χ3v) is 4.84. The quantitative estimate of drug-likeness (QED) is 0.706. The van der Waals surface area contributed by atoms with Crippen LogP contribution in [0.4, 0.5) is 0 Å². The van der Waals surface area contributed by atoms with Crippen molar-refractivity contribution in [2.75, 3.05) is 13.1 Å². The molecule has 3 aromatic rings. The van der Waals surface area contributed by atoms with Crippen LogP contribution in [0, 0.1) is 0 Å². The highest BCUT2D eigenvalue weighted by Crippen LogP contribution is 2.35. The van der Waals surface area contributed by atoms with E-state index in [9.17, 15) is 0 Å². The van der Waals surface area contributed by atoms with Crippen molar-refractivity contribution in [3.63, 3.8) is 0 Å². The van der Waals surface area contributed by atoms with Crippen LogP contribution >= 0.6 is 22.7 Å². The van der Waals surface area contributed by atoms with Crippen LogP contribution in [0.1, 0.15) is 19.2 Å². The number of hydrogen-bond donors (Lipinski definition) is 1. The minimum Gasteiger partial charge on any atom is -0.420 e. The van der Waals surface area contributed by atoms with Crippen molar-refractivity contribution in [1.82, 2.24) is 15.5 Å². The van der Waals surface area contributed by atoms with Gasteiger partial charge in [0.1, 0.15) is 0 Å². The van der Waals surface area contributed by atoms with Gasteiger partial charge in [0, 0.05) is 22.4 Å². The first-order valence-corrected chi connectivity index (χ1v) is 8.07. The fourth-order valence-electron chi connectivity index (χ4n) is 1.82. The Morgan fingerprint density at radius 1 is 1.26 bits per heavy atom. The molecule has 0 unspecified atom stereocenters. The van der Waals surface area contributed by atoms with Crippen molar-refractivity contribution in [3.05, 3.63) is 23.4 Å². The fourth-order valence-corrected chi connectivity index (χ4v) is 3.85. The molecule has 0 aliphatic heterocycles. The summed E-state index contributed by atoms with van der Waals surface area (Å²) in [4.78, 5) is 1.06. The predicted octanol–water partition coefficient (Wildman–Crippen LogP) is 3.55. The van der Waals surface area contributed by atoms with Gasteiger partial charge in [0.05, 0.1) is 4.88 Å². The Morgan fingerprint density at radius 3 is 3.05 bits per heavy atom. The molecule has 3 heterocycles. The van der Waals surface area contributed by atoms with Crippen LogP contribution in [0.15, 0.2) is 21.9 Å². The fraction of sp³-hybridized carbons (Fsp3) is 0.385. The van der Waals surface area contributed by atoms with Crippen molar-refractivity contribution < 1.29 is 4.42 Å². The van der Waals surface area contributed by atoms with E-state index in [-0.39, 0.29) is 0 Å². The summed E-state index contributed by atoms with van der Waals surface area (Å²) in [6.07, 6.45) is 1.92. The van der Waals surface area contributed by atoms with Crippen molar-refractivity contribution in [2.45, 2.75) is 19.8 Å². The molecule has 0 bridgehead atoms. The number of nitrogens with zero attached hydrogens (tertiary/aromatic N) is 2. The molecule has 0 aliphatic rings. The molecule has 0 atom stereocenters. The number of nitrogens with one attached hydrogen (secondary N) is 1. The highest BCUT2D eigenvalue weighted by Gasteiger charge is 2.12. The van der Waals surface area contributed by atoms with Crippen molar-refractivity contribution >= 4 is 32.1 Å². The van der Waals surface area contributed by atoms with E-state index in [1.165, 1.54) is 9.40 Å². The number of hydrogen-bond acceptors (Lipinski definition) is 6. The lowest BCUT2D eigenvalue weighted by atomic mass is 10.4. The zero-order valence-electron chi connectivity index (χ0n) is 10.7. The second kappa shape index (κ2) is 5.81. The van der Waals surface area contributed by atoms with Gasteiger partial charge >= 0.3 is 0 Å². The number of rotatable bonds is 6. The molecule has 100 valence electrons. The lowest BCUT2D eigenvalue weighted by Gasteiger charge is -1.98. The van der Waals surface area contributed by atoms with E-state index in [1.54, 1.807) is 22.7 Å². The van der Waals surface area contributed by atoms with E-state index in [0.29, 0.717) is 11.8 Å². The molecular formula is C13H15N3OS2. The van der Waals surface area contributed by atoms with Crippen LogP contribution in [0.3, 0.4) is 0 Å². The molecular weight excluding hydrogens is 278 g/mol. The standard InChI is InChI=1S/C13H15N3OS2/c1-2-5-14-6-3-12-15-16-13(17-12)11-8-10-9(19-11)4-7-18-10/h4,7-8,14H,2-3,5-6H2,1H3. The number of fused-ring (bicyclic) bond motifs is 1. The first-order valence-electron chi connectivity index (χ1n) is 6.37. The third kappa shape index (κ3) is 2.86. The molecule has 0 saturated carbocycles. The Morgan fingerprint density at radius 2 is 2.21 bits per heavy atom. The van der Waals surface area contributed by atoms with Gasteiger partial charge in [-0.15, -0.1) is 32.9 Å². The van der Waals surface area contributed by atoms with Gasteiger partial charge in [-0.1, -0.05) is 6.92 Å². The summed E-state index contributed by atoms with van der Waals surface area (Å²) in [7, 11) is 0. The van der Waals surface area contributed by atoms with Gasteiger partial charge in [0.25, 0.3) is 5.89 Å². The Labute approximate surface area is 119 Å². The second-order valence-corrected chi connectivity index (χ2v) is 6.29. The monoisotopic (exact) mass is 293 g/mol. The molecule has 3 rings (SSSR count). The van der Waals surface area contributed by atoms with Crippen molar-refractivity contribution in [1.29, 1.82) is 0 Å². The van der Waals surface area contributed by atoms with Crippen LogP contribution in [-0.2, 0) is 6.42 Å². The first kappa shape index (κ1) is 12.8. The van der Waals surface area contributed by atoms with Gasteiger partial charge < -0.3 is 9.73 Å². The van der Waals surface area contributed by atoms with E-state index in [2.05, 4.69) is 40.0 Å². The lowest BCUT2D eigenvalue weighted by Crippen LogP contribution is -2.17. The molecule has 0 amide bonds. The Bertz CT molecular complexity index is 627. The van der Waals surface area contributed by atoms with Gasteiger partial charge in [-0.05, 0) is 30.5 Å². The largest absolute Gasteiger partial charge is 0.420 e. The summed E-state index contributed by atoms with van der Waals surface area (Å²) < 4.78 is 8.27. The van der Waals surface area contributed by atoms with Gasteiger partial charge in [0.2, 0.25) is 5.89 Å². The molecule has 4 nitrogen and oxygen atoms in total. The smallest absolute Gasteiger partial charge is 0.257 e. The molecule has 0 spiro atoms. The summed E-state index contributed by atoms with van der Waals surface area (Å²) in [6, 6.07) is 4.25. The summed E-state index contributed by atoms with van der Waals surface area (Å²) >= 11 is 3.44. The van der Waals surface area contributed by atoms with Gasteiger partial charge in [-0.25, -0.2) is 0 Å². The topological polar surface area (TPSA) is 51.0 Å². The van der Waals surface area contributed by atoms with Gasteiger partial charge in [-0.3, -0.25) is 0 Å². The predicted molar refractivity (Wildman–Crippen MR) is 79.9 cm³/mol. The van der Waals surface area contributed by atoms with Crippen LogP contribution < -0.4 is 5.32 Å². The third-order valence-electron chi connectivity index (χ3n) is 2.76.